The fourth-order valence-corrected chi connectivity index (χ4v) is 4.27. The van der Waals surface area contributed by atoms with E-state index in [1.165, 1.54) is 0 Å². The van der Waals surface area contributed by atoms with Crippen LogP contribution in [0.4, 0.5) is 5.82 Å². The van der Waals surface area contributed by atoms with Gasteiger partial charge in [0.2, 0.25) is 5.91 Å². The number of amides is 2. The molecule has 1 saturated heterocycles. The molecule has 1 aliphatic rings. The van der Waals surface area contributed by atoms with Gasteiger partial charge in [0, 0.05) is 30.6 Å². The zero-order chi connectivity index (χ0) is 21.9. The molecule has 2 aromatic carbocycles. The van der Waals surface area contributed by atoms with Gasteiger partial charge in [0.25, 0.3) is 5.91 Å². The Labute approximate surface area is 185 Å². The molecule has 2 aromatic heterocycles. The van der Waals surface area contributed by atoms with Crippen molar-refractivity contribution in [2.24, 2.45) is 5.92 Å². The molecular formula is C25H24N4O3. The van der Waals surface area contributed by atoms with Crippen molar-refractivity contribution in [3.05, 3.63) is 84.4 Å². The van der Waals surface area contributed by atoms with Crippen LogP contribution in [0.15, 0.2) is 77.5 Å². The van der Waals surface area contributed by atoms with Crippen molar-refractivity contribution in [3.63, 3.8) is 0 Å². The van der Waals surface area contributed by atoms with Crippen molar-refractivity contribution in [3.8, 4) is 0 Å². The summed E-state index contributed by atoms with van der Waals surface area (Å²) in [6.07, 6.45) is 4.54. The lowest BCUT2D eigenvalue weighted by Gasteiger charge is -2.31. The summed E-state index contributed by atoms with van der Waals surface area (Å²) in [6, 6.07) is 19.2. The third-order valence-corrected chi connectivity index (χ3v) is 6.03. The van der Waals surface area contributed by atoms with Crippen LogP contribution in [0.3, 0.4) is 0 Å². The van der Waals surface area contributed by atoms with Crippen LogP contribution in [0.25, 0.3) is 10.8 Å². The molecule has 1 aliphatic heterocycles. The maximum Gasteiger partial charge on any atom is 0.254 e. The molecule has 5 rings (SSSR count). The number of benzene rings is 2. The van der Waals surface area contributed by atoms with Crippen LogP contribution < -0.4 is 5.32 Å². The molecule has 0 spiro atoms. The lowest BCUT2D eigenvalue weighted by atomic mass is 9.95. The van der Waals surface area contributed by atoms with E-state index in [1.807, 2.05) is 59.5 Å². The minimum absolute atomic E-state index is 0.0252. The largest absolute Gasteiger partial charge is 0.467 e. The molecule has 0 radical (unpaired) electrons. The molecule has 0 atom stereocenters. The van der Waals surface area contributed by atoms with Gasteiger partial charge >= 0.3 is 0 Å². The number of likely N-dealkylation sites (tertiary alicyclic amines) is 1. The first-order chi connectivity index (χ1) is 15.7. The Balaban J connectivity index is 1.21. The first-order valence-corrected chi connectivity index (χ1v) is 10.8. The summed E-state index contributed by atoms with van der Waals surface area (Å²) in [5, 5.41) is 9.28. The molecule has 1 fully saturated rings. The van der Waals surface area contributed by atoms with E-state index in [4.69, 9.17) is 4.42 Å². The Morgan fingerprint density at radius 3 is 2.62 bits per heavy atom. The zero-order valence-corrected chi connectivity index (χ0v) is 17.6. The second kappa shape index (κ2) is 8.70. The van der Waals surface area contributed by atoms with Gasteiger partial charge in [0.1, 0.15) is 18.1 Å². The van der Waals surface area contributed by atoms with Gasteiger partial charge in [-0.05, 0) is 41.8 Å². The minimum atomic E-state index is -0.140. The Hall–Kier alpha value is -3.87. The number of hydrogen-bond donors (Lipinski definition) is 1. The van der Waals surface area contributed by atoms with Gasteiger partial charge in [0.15, 0.2) is 0 Å². The molecule has 1 N–H and O–H groups in total. The summed E-state index contributed by atoms with van der Waals surface area (Å²) in [4.78, 5) is 27.9. The van der Waals surface area contributed by atoms with Gasteiger partial charge in [0.05, 0.1) is 12.5 Å². The number of furan rings is 1. The lowest BCUT2D eigenvalue weighted by molar-refractivity contribution is -0.121. The lowest BCUT2D eigenvalue weighted by Crippen LogP contribution is -2.41. The molecule has 2 amide bonds. The van der Waals surface area contributed by atoms with Gasteiger partial charge in [-0.3, -0.25) is 9.59 Å². The number of nitrogens with zero attached hydrogens (tertiary/aromatic N) is 3. The fourth-order valence-electron chi connectivity index (χ4n) is 4.27. The zero-order valence-electron chi connectivity index (χ0n) is 17.6. The van der Waals surface area contributed by atoms with E-state index in [9.17, 15) is 9.59 Å². The molecule has 7 nitrogen and oxygen atoms in total. The third-order valence-electron chi connectivity index (χ3n) is 6.03. The van der Waals surface area contributed by atoms with Crippen LogP contribution in [-0.4, -0.2) is 39.6 Å². The second-order valence-corrected chi connectivity index (χ2v) is 8.04. The van der Waals surface area contributed by atoms with Crippen molar-refractivity contribution in [2.45, 2.75) is 19.4 Å². The highest BCUT2D eigenvalue weighted by atomic mass is 16.3. The average Bonchev–Trinajstić information content (AvgIpc) is 3.51. The van der Waals surface area contributed by atoms with E-state index in [0.717, 1.165) is 16.5 Å². The van der Waals surface area contributed by atoms with Crippen molar-refractivity contribution < 1.29 is 14.0 Å². The first-order valence-electron chi connectivity index (χ1n) is 10.8. The first kappa shape index (κ1) is 20.1. The molecule has 0 bridgehead atoms. The molecule has 162 valence electrons. The molecular weight excluding hydrogens is 404 g/mol. The summed E-state index contributed by atoms with van der Waals surface area (Å²) < 4.78 is 7.07. The Kier molecular flexibility index (Phi) is 5.46. The molecule has 3 heterocycles. The number of anilines is 1. The number of piperidine rings is 1. The monoisotopic (exact) mass is 428 g/mol. The van der Waals surface area contributed by atoms with Gasteiger partial charge in [-0.2, -0.15) is 5.10 Å². The fraction of sp³-hybridized carbons (Fsp3) is 0.240. The number of fused-ring (bicyclic) bond motifs is 1. The van der Waals surface area contributed by atoms with Gasteiger partial charge in [-0.25, -0.2) is 4.68 Å². The topological polar surface area (TPSA) is 80.4 Å². The van der Waals surface area contributed by atoms with E-state index in [0.29, 0.717) is 43.9 Å². The Morgan fingerprint density at radius 2 is 1.81 bits per heavy atom. The van der Waals surface area contributed by atoms with E-state index >= 15 is 0 Å². The standard InChI is InChI=1S/C25H24N4O3/c30-24(27-23-10-13-26-29(23)17-20-7-4-16-32-20)19-11-14-28(15-12-19)25(31)22-9-3-6-18-5-1-2-8-21(18)22/h1-10,13,16,19H,11-12,14-15,17H2,(H,27,30). The number of rotatable bonds is 5. The van der Waals surface area contributed by atoms with E-state index in [2.05, 4.69) is 10.4 Å². The summed E-state index contributed by atoms with van der Waals surface area (Å²) in [5.41, 5.74) is 0.716. The highest BCUT2D eigenvalue weighted by Gasteiger charge is 2.29. The van der Waals surface area contributed by atoms with Gasteiger partial charge < -0.3 is 14.6 Å². The van der Waals surface area contributed by atoms with E-state index in [-0.39, 0.29) is 17.7 Å². The van der Waals surface area contributed by atoms with E-state index < -0.39 is 0 Å². The number of aromatic nitrogens is 2. The second-order valence-electron chi connectivity index (χ2n) is 8.04. The summed E-state index contributed by atoms with van der Waals surface area (Å²) in [5.74, 6) is 1.25. The number of nitrogens with one attached hydrogen (secondary N) is 1. The maximum atomic E-state index is 13.1. The van der Waals surface area contributed by atoms with Gasteiger partial charge in [-0.15, -0.1) is 0 Å². The average molecular weight is 428 g/mol. The maximum absolute atomic E-state index is 13.1. The SMILES string of the molecule is O=C(Nc1ccnn1Cc1ccco1)C1CCN(C(=O)c2cccc3ccccc23)CC1. The molecule has 4 aromatic rings. The molecule has 32 heavy (non-hydrogen) atoms. The number of carbonyl (C=O) groups is 2. The minimum Gasteiger partial charge on any atom is -0.467 e. The van der Waals surface area contributed by atoms with Crippen molar-refractivity contribution in [2.75, 3.05) is 18.4 Å². The van der Waals surface area contributed by atoms with Crippen LogP contribution in [-0.2, 0) is 11.3 Å². The highest BCUT2D eigenvalue weighted by Crippen LogP contribution is 2.24. The molecule has 0 saturated carbocycles. The third kappa shape index (κ3) is 4.01. The Morgan fingerprint density at radius 1 is 1.00 bits per heavy atom. The predicted octanol–water partition coefficient (Wildman–Crippen LogP) is 4.17. The van der Waals surface area contributed by atoms with Crippen LogP contribution in [0.2, 0.25) is 0 Å². The summed E-state index contributed by atoms with van der Waals surface area (Å²) >= 11 is 0. The van der Waals surface area contributed by atoms with Crippen molar-refractivity contribution in [1.29, 1.82) is 0 Å². The van der Waals surface area contributed by atoms with Crippen molar-refractivity contribution in [1.82, 2.24) is 14.7 Å². The van der Waals surface area contributed by atoms with E-state index in [1.54, 1.807) is 23.2 Å². The van der Waals surface area contributed by atoms with Crippen LogP contribution in [0.5, 0.6) is 0 Å². The Bertz CT molecular complexity index is 1230. The van der Waals surface area contributed by atoms with Gasteiger partial charge in [-0.1, -0.05) is 36.4 Å². The number of hydrogen-bond acceptors (Lipinski definition) is 4. The van der Waals surface area contributed by atoms with Crippen LogP contribution >= 0.6 is 0 Å². The quantitative estimate of drug-likeness (QED) is 0.517. The van der Waals surface area contributed by atoms with Crippen molar-refractivity contribution >= 4 is 28.4 Å². The molecule has 7 heteroatoms. The molecule has 0 aliphatic carbocycles. The smallest absolute Gasteiger partial charge is 0.254 e. The normalized spacial score (nSPS) is 14.6. The van der Waals surface area contributed by atoms with Crippen LogP contribution in [0.1, 0.15) is 29.0 Å². The van der Waals surface area contributed by atoms with Crippen LogP contribution in [0, 0.1) is 5.92 Å². The predicted molar refractivity (Wildman–Crippen MR) is 121 cm³/mol. The highest BCUT2D eigenvalue weighted by molar-refractivity contribution is 6.07. The summed E-state index contributed by atoms with van der Waals surface area (Å²) in [7, 11) is 0. The molecule has 0 unspecified atom stereocenters. The summed E-state index contributed by atoms with van der Waals surface area (Å²) in [6.45, 7) is 1.57. The number of carbonyl (C=O) groups excluding carboxylic acids is 2.